The zero-order valence-corrected chi connectivity index (χ0v) is 6.30. The third-order valence-electron chi connectivity index (χ3n) is 2.18. The molecule has 0 saturated carbocycles. The number of hydrogen-bond acceptors (Lipinski definition) is 2. The smallest absolute Gasteiger partial charge is 0.0241 e. The highest BCUT2D eigenvalue weighted by Gasteiger charge is 2.23. The van der Waals surface area contributed by atoms with Gasteiger partial charge in [0.05, 0.1) is 0 Å². The van der Waals surface area contributed by atoms with Crippen LogP contribution in [0.15, 0.2) is 0 Å². The lowest BCUT2D eigenvalue weighted by atomic mass is 10.1. The number of nitrogens with two attached hydrogens (primary N) is 1. The summed E-state index contributed by atoms with van der Waals surface area (Å²) < 4.78 is 0. The zero-order chi connectivity index (χ0) is 6.85. The number of likely N-dealkylation sites (tertiary alicyclic amines) is 1. The third kappa shape index (κ3) is 1.43. The van der Waals surface area contributed by atoms with Crippen LogP contribution in [0.5, 0.6) is 0 Å². The van der Waals surface area contributed by atoms with Crippen LogP contribution in [0.3, 0.4) is 0 Å². The van der Waals surface area contributed by atoms with Gasteiger partial charge in [-0.25, -0.2) is 0 Å². The first-order valence-corrected chi connectivity index (χ1v) is 3.67. The van der Waals surface area contributed by atoms with Crippen LogP contribution in [-0.2, 0) is 0 Å². The first kappa shape index (κ1) is 7.03. The highest BCUT2D eigenvalue weighted by atomic mass is 15.2. The van der Waals surface area contributed by atoms with Crippen molar-refractivity contribution in [3.63, 3.8) is 0 Å². The second-order valence-corrected chi connectivity index (χ2v) is 3.05. The van der Waals surface area contributed by atoms with E-state index in [0.29, 0.717) is 12.1 Å². The topological polar surface area (TPSA) is 29.3 Å². The van der Waals surface area contributed by atoms with Crippen LogP contribution in [0.25, 0.3) is 0 Å². The third-order valence-corrected chi connectivity index (χ3v) is 2.18. The summed E-state index contributed by atoms with van der Waals surface area (Å²) in [5, 5.41) is 0. The molecule has 1 heterocycles. The van der Waals surface area contributed by atoms with Crippen molar-refractivity contribution in [1.29, 1.82) is 0 Å². The van der Waals surface area contributed by atoms with Crippen LogP contribution in [-0.4, -0.2) is 30.6 Å². The van der Waals surface area contributed by atoms with Crippen LogP contribution in [0, 0.1) is 0 Å². The molecular weight excluding hydrogens is 112 g/mol. The highest BCUT2D eigenvalue weighted by molar-refractivity contribution is 4.82. The lowest BCUT2D eigenvalue weighted by Crippen LogP contribution is -2.39. The average Bonchev–Trinajstić information content (AvgIpc) is 2.13. The predicted molar refractivity (Wildman–Crippen MR) is 39.3 cm³/mol. The van der Waals surface area contributed by atoms with Gasteiger partial charge in [-0.3, -0.25) is 0 Å². The molecule has 0 aliphatic carbocycles. The van der Waals surface area contributed by atoms with Gasteiger partial charge in [0.1, 0.15) is 0 Å². The Kier molecular flexibility index (Phi) is 2.09. The second kappa shape index (κ2) is 2.67. The molecule has 0 aromatic carbocycles. The summed E-state index contributed by atoms with van der Waals surface area (Å²) >= 11 is 0. The summed E-state index contributed by atoms with van der Waals surface area (Å²) in [6, 6.07) is 0.988. The maximum absolute atomic E-state index is 5.75. The van der Waals surface area contributed by atoms with Gasteiger partial charge in [-0.1, -0.05) is 0 Å². The Labute approximate surface area is 57.0 Å². The molecule has 2 N–H and O–H groups in total. The Morgan fingerprint density at radius 3 is 2.56 bits per heavy atom. The quantitative estimate of drug-likeness (QED) is 0.555. The highest BCUT2D eigenvalue weighted by Crippen LogP contribution is 2.16. The molecule has 1 saturated heterocycles. The molecule has 2 atom stereocenters. The van der Waals surface area contributed by atoms with Gasteiger partial charge in [0.15, 0.2) is 0 Å². The van der Waals surface area contributed by atoms with Gasteiger partial charge < -0.3 is 10.6 Å². The normalized spacial score (nSPS) is 33.0. The average molecular weight is 128 g/mol. The Morgan fingerprint density at radius 2 is 2.33 bits per heavy atom. The Hall–Kier alpha value is -0.0800. The number of likely N-dealkylation sites (N-methyl/N-ethyl adjacent to an activating group) is 1. The van der Waals surface area contributed by atoms with E-state index in [1.54, 1.807) is 0 Å². The van der Waals surface area contributed by atoms with E-state index in [-0.39, 0.29) is 0 Å². The second-order valence-electron chi connectivity index (χ2n) is 3.05. The van der Waals surface area contributed by atoms with E-state index in [4.69, 9.17) is 5.73 Å². The molecule has 2 heteroatoms. The lowest BCUT2D eigenvalue weighted by molar-refractivity contribution is 0.280. The van der Waals surface area contributed by atoms with E-state index in [2.05, 4.69) is 18.9 Å². The first-order chi connectivity index (χ1) is 4.22. The van der Waals surface area contributed by atoms with Crippen molar-refractivity contribution in [3.8, 4) is 0 Å². The largest absolute Gasteiger partial charge is 0.327 e. The summed E-state index contributed by atoms with van der Waals surface area (Å²) in [6.45, 7) is 3.32. The zero-order valence-electron chi connectivity index (χ0n) is 6.30. The fourth-order valence-corrected chi connectivity index (χ4v) is 1.60. The van der Waals surface area contributed by atoms with E-state index >= 15 is 0 Å². The minimum atomic E-state index is 0.345. The van der Waals surface area contributed by atoms with Gasteiger partial charge >= 0.3 is 0 Å². The maximum atomic E-state index is 5.75. The van der Waals surface area contributed by atoms with Gasteiger partial charge in [0, 0.05) is 12.1 Å². The van der Waals surface area contributed by atoms with E-state index in [1.807, 2.05) is 0 Å². The molecule has 0 bridgehead atoms. The summed E-state index contributed by atoms with van der Waals surface area (Å²) in [5.74, 6) is 0. The molecule has 1 aliphatic heterocycles. The summed E-state index contributed by atoms with van der Waals surface area (Å²) in [7, 11) is 2.15. The fourth-order valence-electron chi connectivity index (χ4n) is 1.60. The van der Waals surface area contributed by atoms with Crippen molar-refractivity contribution in [3.05, 3.63) is 0 Å². The molecule has 0 aromatic heterocycles. The molecule has 9 heavy (non-hydrogen) atoms. The molecule has 1 aliphatic rings. The molecule has 0 amide bonds. The van der Waals surface area contributed by atoms with E-state index in [0.717, 1.165) is 0 Å². The van der Waals surface area contributed by atoms with Crippen LogP contribution in [0.2, 0.25) is 0 Å². The van der Waals surface area contributed by atoms with Crippen molar-refractivity contribution >= 4 is 0 Å². The molecule has 0 radical (unpaired) electrons. The van der Waals surface area contributed by atoms with Crippen LogP contribution in [0.4, 0.5) is 0 Å². The monoisotopic (exact) mass is 128 g/mol. The number of rotatable bonds is 1. The lowest BCUT2D eigenvalue weighted by Gasteiger charge is -2.22. The SMILES string of the molecule is C[C@H](N)[C@@H]1CCCN1C. The van der Waals surface area contributed by atoms with Crippen molar-refractivity contribution in [2.45, 2.75) is 31.8 Å². The number of hydrogen-bond donors (Lipinski definition) is 1. The molecule has 1 fully saturated rings. The summed E-state index contributed by atoms with van der Waals surface area (Å²) in [6.07, 6.45) is 2.61. The van der Waals surface area contributed by atoms with Crippen LogP contribution >= 0.6 is 0 Å². The van der Waals surface area contributed by atoms with Gasteiger partial charge in [-0.2, -0.15) is 0 Å². The molecule has 0 aromatic rings. The number of nitrogens with zero attached hydrogens (tertiary/aromatic N) is 1. The van der Waals surface area contributed by atoms with Crippen molar-refractivity contribution in [2.24, 2.45) is 5.73 Å². The molecule has 1 rings (SSSR count). The summed E-state index contributed by atoms with van der Waals surface area (Å²) in [5.41, 5.74) is 5.75. The Balaban J connectivity index is 2.40. The van der Waals surface area contributed by atoms with Crippen molar-refractivity contribution in [2.75, 3.05) is 13.6 Å². The standard InChI is InChI=1S/C7H16N2/c1-6(8)7-4-3-5-9(7)2/h6-7H,3-5,8H2,1-2H3/t6-,7-/m0/s1. The van der Waals surface area contributed by atoms with Crippen molar-refractivity contribution < 1.29 is 0 Å². The van der Waals surface area contributed by atoms with Gasteiger partial charge in [-0.05, 0) is 33.4 Å². The fraction of sp³-hybridized carbons (Fsp3) is 1.00. The van der Waals surface area contributed by atoms with Crippen molar-refractivity contribution in [1.82, 2.24) is 4.90 Å². The molecule has 54 valence electrons. The van der Waals surface area contributed by atoms with E-state index in [9.17, 15) is 0 Å². The minimum Gasteiger partial charge on any atom is -0.327 e. The molecular formula is C7H16N2. The van der Waals surface area contributed by atoms with Gasteiger partial charge in [0.25, 0.3) is 0 Å². The van der Waals surface area contributed by atoms with Crippen LogP contribution in [0.1, 0.15) is 19.8 Å². The molecule has 0 unspecified atom stereocenters. The summed E-state index contributed by atoms with van der Waals surface area (Å²) in [4.78, 5) is 2.35. The van der Waals surface area contributed by atoms with E-state index in [1.165, 1.54) is 19.4 Å². The first-order valence-electron chi connectivity index (χ1n) is 3.67. The van der Waals surface area contributed by atoms with Crippen LogP contribution < -0.4 is 5.73 Å². The molecule has 2 nitrogen and oxygen atoms in total. The Morgan fingerprint density at radius 1 is 1.67 bits per heavy atom. The minimum absolute atomic E-state index is 0.345. The van der Waals surface area contributed by atoms with E-state index < -0.39 is 0 Å². The predicted octanol–water partition coefficient (Wildman–Crippen LogP) is 0.428. The van der Waals surface area contributed by atoms with Gasteiger partial charge in [0.2, 0.25) is 0 Å². The van der Waals surface area contributed by atoms with Gasteiger partial charge in [-0.15, -0.1) is 0 Å². The Bertz CT molecular complexity index is 90.9. The maximum Gasteiger partial charge on any atom is 0.0241 e. The molecule has 0 spiro atoms.